The highest BCUT2D eigenvalue weighted by Gasteiger charge is 2.09. The van der Waals surface area contributed by atoms with Gasteiger partial charge in [0.15, 0.2) is 0 Å². The predicted octanol–water partition coefficient (Wildman–Crippen LogP) is 4.19. The SMILES string of the molecule is c1cnc2cc3c(cc2c1)c1cccnc1c1cccn31. The lowest BCUT2D eigenvalue weighted by Gasteiger charge is -2.09. The molecule has 0 saturated carbocycles. The van der Waals surface area contributed by atoms with E-state index in [2.05, 4.69) is 57.0 Å². The first-order valence-corrected chi connectivity index (χ1v) is 6.94. The second-order valence-corrected chi connectivity index (χ2v) is 5.23. The highest BCUT2D eigenvalue weighted by Crippen LogP contribution is 2.30. The zero-order chi connectivity index (χ0) is 13.8. The zero-order valence-electron chi connectivity index (χ0n) is 11.2. The van der Waals surface area contributed by atoms with E-state index < -0.39 is 0 Å². The van der Waals surface area contributed by atoms with E-state index in [1.165, 1.54) is 16.3 Å². The van der Waals surface area contributed by atoms with Crippen LogP contribution in [-0.2, 0) is 0 Å². The van der Waals surface area contributed by atoms with E-state index in [0.717, 1.165) is 21.9 Å². The summed E-state index contributed by atoms with van der Waals surface area (Å²) < 4.78 is 2.19. The molecule has 3 heteroatoms. The molecule has 4 aromatic heterocycles. The van der Waals surface area contributed by atoms with Gasteiger partial charge in [-0.1, -0.05) is 12.1 Å². The van der Waals surface area contributed by atoms with Crippen molar-refractivity contribution in [3.05, 3.63) is 67.1 Å². The average molecular weight is 269 g/mol. The Balaban J connectivity index is 2.18. The average Bonchev–Trinajstić information content (AvgIpc) is 3.03. The number of fused-ring (bicyclic) bond motifs is 7. The molecular weight excluding hydrogens is 258 g/mol. The van der Waals surface area contributed by atoms with Crippen LogP contribution in [0.1, 0.15) is 0 Å². The Morgan fingerprint density at radius 2 is 1.67 bits per heavy atom. The molecule has 0 saturated heterocycles. The summed E-state index contributed by atoms with van der Waals surface area (Å²) in [5.74, 6) is 0. The van der Waals surface area contributed by atoms with Crippen molar-refractivity contribution in [1.29, 1.82) is 0 Å². The van der Waals surface area contributed by atoms with E-state index in [1.807, 2.05) is 24.5 Å². The minimum Gasteiger partial charge on any atom is -0.314 e. The molecule has 0 aliphatic rings. The zero-order valence-corrected chi connectivity index (χ0v) is 11.2. The van der Waals surface area contributed by atoms with Crippen molar-refractivity contribution in [2.75, 3.05) is 0 Å². The van der Waals surface area contributed by atoms with E-state index in [0.29, 0.717) is 0 Å². The van der Waals surface area contributed by atoms with Crippen LogP contribution < -0.4 is 0 Å². The quantitative estimate of drug-likeness (QED) is 0.312. The lowest BCUT2D eigenvalue weighted by Crippen LogP contribution is -1.92. The summed E-state index contributed by atoms with van der Waals surface area (Å²) >= 11 is 0. The van der Waals surface area contributed by atoms with Crippen LogP contribution in [0.3, 0.4) is 0 Å². The second kappa shape index (κ2) is 3.79. The molecule has 0 fully saturated rings. The first kappa shape index (κ1) is 10.8. The topological polar surface area (TPSA) is 30.2 Å². The van der Waals surface area contributed by atoms with E-state index in [9.17, 15) is 0 Å². The van der Waals surface area contributed by atoms with Crippen molar-refractivity contribution in [1.82, 2.24) is 14.4 Å². The van der Waals surface area contributed by atoms with Crippen LogP contribution in [0, 0.1) is 0 Å². The maximum Gasteiger partial charge on any atom is 0.0948 e. The molecule has 98 valence electrons. The molecule has 0 bridgehead atoms. The summed E-state index contributed by atoms with van der Waals surface area (Å²) in [4.78, 5) is 9.05. The first-order chi connectivity index (χ1) is 10.4. The van der Waals surface area contributed by atoms with E-state index in [-0.39, 0.29) is 0 Å². The molecule has 3 nitrogen and oxygen atoms in total. The number of pyridine rings is 3. The first-order valence-electron chi connectivity index (χ1n) is 6.94. The van der Waals surface area contributed by atoms with Gasteiger partial charge in [0.2, 0.25) is 0 Å². The monoisotopic (exact) mass is 269 g/mol. The highest BCUT2D eigenvalue weighted by molar-refractivity contribution is 6.13. The largest absolute Gasteiger partial charge is 0.314 e. The molecule has 1 aromatic carbocycles. The Bertz CT molecular complexity index is 1140. The molecule has 21 heavy (non-hydrogen) atoms. The number of hydrogen-bond donors (Lipinski definition) is 0. The van der Waals surface area contributed by atoms with Gasteiger partial charge < -0.3 is 4.40 Å². The predicted molar refractivity (Wildman–Crippen MR) is 85.5 cm³/mol. The maximum absolute atomic E-state index is 4.58. The number of nitrogens with zero attached hydrogens (tertiary/aromatic N) is 3. The molecule has 0 atom stereocenters. The van der Waals surface area contributed by atoms with Crippen LogP contribution in [0.2, 0.25) is 0 Å². The number of aromatic nitrogens is 3. The Hall–Kier alpha value is -2.94. The fraction of sp³-hybridized carbons (Fsp3) is 0. The van der Waals surface area contributed by atoms with Crippen molar-refractivity contribution < 1.29 is 0 Å². The van der Waals surface area contributed by atoms with Crippen molar-refractivity contribution in [2.24, 2.45) is 0 Å². The van der Waals surface area contributed by atoms with Crippen LogP contribution in [0.25, 0.3) is 38.2 Å². The molecule has 0 aliphatic carbocycles. The Morgan fingerprint density at radius 3 is 2.67 bits per heavy atom. The van der Waals surface area contributed by atoms with Crippen LogP contribution in [0.5, 0.6) is 0 Å². The van der Waals surface area contributed by atoms with Gasteiger partial charge >= 0.3 is 0 Å². The number of benzene rings is 1. The van der Waals surface area contributed by atoms with Gasteiger partial charge in [0.05, 0.1) is 22.1 Å². The number of rotatable bonds is 0. The van der Waals surface area contributed by atoms with Crippen LogP contribution in [0.4, 0.5) is 0 Å². The molecule has 0 radical (unpaired) electrons. The fourth-order valence-electron chi connectivity index (χ4n) is 3.14. The maximum atomic E-state index is 4.58. The van der Waals surface area contributed by atoms with Crippen molar-refractivity contribution in [2.45, 2.75) is 0 Å². The summed E-state index contributed by atoms with van der Waals surface area (Å²) in [7, 11) is 0. The van der Waals surface area contributed by atoms with Crippen LogP contribution in [0.15, 0.2) is 67.1 Å². The summed E-state index contributed by atoms with van der Waals surface area (Å²) in [6.45, 7) is 0. The highest BCUT2D eigenvalue weighted by atomic mass is 14.9. The summed E-state index contributed by atoms with van der Waals surface area (Å²) in [5, 5.41) is 3.55. The van der Waals surface area contributed by atoms with E-state index in [4.69, 9.17) is 0 Å². The lowest BCUT2D eigenvalue weighted by atomic mass is 10.1. The molecule has 5 aromatic rings. The summed E-state index contributed by atoms with van der Waals surface area (Å²) in [5.41, 5.74) is 4.36. The normalized spacial score (nSPS) is 11.8. The molecule has 4 heterocycles. The van der Waals surface area contributed by atoms with Crippen LogP contribution >= 0.6 is 0 Å². The lowest BCUT2D eigenvalue weighted by molar-refractivity contribution is 1.27. The van der Waals surface area contributed by atoms with Gasteiger partial charge in [0.25, 0.3) is 0 Å². The van der Waals surface area contributed by atoms with Gasteiger partial charge in [0.1, 0.15) is 0 Å². The Morgan fingerprint density at radius 1 is 0.762 bits per heavy atom. The standard InChI is InChI=1S/C18H11N3/c1-4-12-10-14-13-5-2-8-20-18(13)16-6-3-9-21(16)17(14)11-15(12)19-7-1/h1-11H. The molecular formula is C18H11N3. The molecule has 5 rings (SSSR count). The van der Waals surface area contributed by atoms with E-state index in [1.54, 1.807) is 0 Å². The second-order valence-electron chi connectivity index (χ2n) is 5.23. The third-order valence-corrected chi connectivity index (χ3v) is 4.07. The Kier molecular flexibility index (Phi) is 1.95. The minimum absolute atomic E-state index is 1.02. The van der Waals surface area contributed by atoms with Gasteiger partial charge in [-0.2, -0.15) is 0 Å². The van der Waals surface area contributed by atoms with Crippen molar-refractivity contribution in [3.63, 3.8) is 0 Å². The van der Waals surface area contributed by atoms with Gasteiger partial charge in [-0.15, -0.1) is 0 Å². The molecule has 0 unspecified atom stereocenters. The van der Waals surface area contributed by atoms with Crippen molar-refractivity contribution >= 4 is 38.2 Å². The van der Waals surface area contributed by atoms with Gasteiger partial charge in [-0.25, -0.2) is 0 Å². The van der Waals surface area contributed by atoms with Crippen LogP contribution in [-0.4, -0.2) is 14.4 Å². The molecule has 0 spiro atoms. The summed E-state index contributed by atoms with van der Waals surface area (Å²) in [6.07, 6.45) is 5.77. The minimum atomic E-state index is 1.02. The summed E-state index contributed by atoms with van der Waals surface area (Å²) in [6, 6.07) is 16.7. The smallest absolute Gasteiger partial charge is 0.0948 e. The molecule has 0 N–H and O–H groups in total. The fourth-order valence-corrected chi connectivity index (χ4v) is 3.14. The van der Waals surface area contributed by atoms with Gasteiger partial charge in [-0.05, 0) is 36.4 Å². The van der Waals surface area contributed by atoms with Crippen molar-refractivity contribution in [3.8, 4) is 0 Å². The van der Waals surface area contributed by atoms with Gasteiger partial charge in [0, 0.05) is 34.7 Å². The van der Waals surface area contributed by atoms with E-state index >= 15 is 0 Å². The number of hydrogen-bond acceptors (Lipinski definition) is 2. The Labute approximate surface area is 120 Å². The third-order valence-electron chi connectivity index (χ3n) is 4.07. The molecule has 0 amide bonds. The third kappa shape index (κ3) is 1.37. The molecule has 0 aliphatic heterocycles. The van der Waals surface area contributed by atoms with Gasteiger partial charge in [-0.3, -0.25) is 9.97 Å².